The second-order valence-electron chi connectivity index (χ2n) is 4.98. The number of nitrogens with zero attached hydrogens (tertiary/aromatic N) is 1. The molecule has 19 heavy (non-hydrogen) atoms. The van der Waals surface area contributed by atoms with Crippen LogP contribution >= 0.6 is 11.3 Å². The van der Waals surface area contributed by atoms with Crippen LogP contribution < -0.4 is 0 Å². The van der Waals surface area contributed by atoms with Gasteiger partial charge in [-0.1, -0.05) is 13.8 Å². The summed E-state index contributed by atoms with van der Waals surface area (Å²) in [4.78, 5) is 10.7. The maximum absolute atomic E-state index is 12.2. The molecule has 106 valence electrons. The topological polar surface area (TPSA) is 94.9 Å². The Morgan fingerprint density at radius 2 is 2.05 bits per heavy atom. The third kappa shape index (κ3) is 2.40. The molecule has 1 aliphatic rings. The molecule has 0 radical (unpaired) electrons. The highest BCUT2D eigenvalue weighted by molar-refractivity contribution is 7.89. The van der Waals surface area contributed by atoms with E-state index in [2.05, 4.69) is 0 Å². The van der Waals surface area contributed by atoms with Gasteiger partial charge in [-0.05, 0) is 12.0 Å². The Kier molecular flexibility index (Phi) is 3.46. The number of carbonyl (C=O) groups is 1. The van der Waals surface area contributed by atoms with Crippen molar-refractivity contribution in [2.24, 2.45) is 5.92 Å². The maximum Gasteiger partial charge on any atom is 0.345 e. The normalized spacial score (nSPS) is 19.4. The zero-order chi connectivity index (χ0) is 14.4. The Morgan fingerprint density at radius 3 is 2.47 bits per heavy atom. The van der Waals surface area contributed by atoms with E-state index < -0.39 is 21.6 Å². The molecular weight excluding hydrogens is 290 g/mol. The van der Waals surface area contributed by atoms with Crippen LogP contribution in [0.5, 0.6) is 0 Å². The number of carboxylic acids is 1. The van der Waals surface area contributed by atoms with E-state index in [9.17, 15) is 18.3 Å². The van der Waals surface area contributed by atoms with Gasteiger partial charge in [-0.25, -0.2) is 13.2 Å². The molecule has 1 aromatic rings. The molecule has 1 fully saturated rings. The third-order valence-corrected chi connectivity index (χ3v) is 6.24. The average Bonchev–Trinajstić information content (AvgIpc) is 2.73. The lowest BCUT2D eigenvalue weighted by Crippen LogP contribution is -2.65. The van der Waals surface area contributed by atoms with Crippen molar-refractivity contribution in [2.75, 3.05) is 13.1 Å². The molecule has 0 bridgehead atoms. The highest BCUT2D eigenvalue weighted by Gasteiger charge is 2.49. The number of carboxylic acid groups (broad SMARTS) is 1. The van der Waals surface area contributed by atoms with Crippen LogP contribution in [-0.2, 0) is 10.0 Å². The lowest BCUT2D eigenvalue weighted by atomic mass is 9.85. The molecule has 0 aromatic carbocycles. The zero-order valence-corrected chi connectivity index (χ0v) is 12.2. The number of hydrogen-bond donors (Lipinski definition) is 2. The Bertz CT molecular complexity index is 598. The number of aromatic carboxylic acids is 1. The molecule has 1 aliphatic heterocycles. The summed E-state index contributed by atoms with van der Waals surface area (Å²) in [5.41, 5.74) is -0.987. The third-order valence-electron chi connectivity index (χ3n) is 3.40. The standard InChI is InChI=1S/C11H15NO5S2/c1-7(2)11(15)5-12(6-11)19(16,17)8-3-9(10(13)14)18-4-8/h3-4,7,15H,5-6H2,1-2H3,(H,13,14). The van der Waals surface area contributed by atoms with Gasteiger partial charge in [0.05, 0.1) is 10.5 Å². The van der Waals surface area contributed by atoms with E-state index in [1.807, 2.05) is 13.8 Å². The van der Waals surface area contributed by atoms with Crippen LogP contribution in [0.15, 0.2) is 16.3 Å². The second kappa shape index (κ2) is 4.55. The SMILES string of the molecule is CC(C)C1(O)CN(S(=O)(=O)c2csc(C(=O)O)c2)C1. The molecule has 6 nitrogen and oxygen atoms in total. The van der Waals surface area contributed by atoms with Gasteiger partial charge < -0.3 is 10.2 Å². The number of aliphatic hydroxyl groups is 1. The fraction of sp³-hybridized carbons (Fsp3) is 0.545. The molecule has 2 rings (SSSR count). The van der Waals surface area contributed by atoms with Crippen LogP contribution in [0.2, 0.25) is 0 Å². The maximum atomic E-state index is 12.2. The lowest BCUT2D eigenvalue weighted by Gasteiger charge is -2.47. The summed E-state index contributed by atoms with van der Waals surface area (Å²) in [5, 5.41) is 20.2. The number of thiophene rings is 1. The van der Waals surface area contributed by atoms with Gasteiger partial charge in [0, 0.05) is 18.5 Å². The van der Waals surface area contributed by atoms with E-state index in [1.165, 1.54) is 9.69 Å². The minimum atomic E-state index is -3.70. The van der Waals surface area contributed by atoms with Gasteiger partial charge in [-0.15, -0.1) is 11.3 Å². The largest absolute Gasteiger partial charge is 0.477 e. The molecule has 2 heterocycles. The van der Waals surface area contributed by atoms with E-state index in [0.717, 1.165) is 17.4 Å². The Hall–Kier alpha value is -0.960. The molecule has 0 amide bonds. The van der Waals surface area contributed by atoms with Crippen LogP contribution in [0.3, 0.4) is 0 Å². The van der Waals surface area contributed by atoms with E-state index in [0.29, 0.717) is 0 Å². The first-order valence-corrected chi connectivity index (χ1v) is 8.03. The van der Waals surface area contributed by atoms with E-state index in [4.69, 9.17) is 5.11 Å². The van der Waals surface area contributed by atoms with Crippen molar-refractivity contribution in [1.82, 2.24) is 4.31 Å². The second-order valence-corrected chi connectivity index (χ2v) is 7.83. The van der Waals surface area contributed by atoms with Gasteiger partial charge in [-0.2, -0.15) is 4.31 Å². The summed E-state index contributed by atoms with van der Waals surface area (Å²) in [6.45, 7) is 3.75. The fourth-order valence-corrected chi connectivity index (χ4v) is 4.48. The summed E-state index contributed by atoms with van der Waals surface area (Å²) >= 11 is 0.875. The van der Waals surface area contributed by atoms with Gasteiger partial charge in [0.25, 0.3) is 0 Å². The van der Waals surface area contributed by atoms with Gasteiger partial charge in [0.2, 0.25) is 10.0 Å². The van der Waals surface area contributed by atoms with E-state index in [1.54, 1.807) is 0 Å². The summed E-state index contributed by atoms with van der Waals surface area (Å²) < 4.78 is 25.5. The van der Waals surface area contributed by atoms with Crippen LogP contribution in [0.4, 0.5) is 0 Å². The summed E-state index contributed by atoms with van der Waals surface area (Å²) in [6.07, 6.45) is 0. The molecule has 1 aromatic heterocycles. The van der Waals surface area contributed by atoms with E-state index in [-0.39, 0.29) is 28.8 Å². The van der Waals surface area contributed by atoms with Crippen LogP contribution in [-0.4, -0.2) is 47.6 Å². The van der Waals surface area contributed by atoms with Crippen molar-refractivity contribution < 1.29 is 23.4 Å². The van der Waals surface area contributed by atoms with Crippen LogP contribution in [0.1, 0.15) is 23.5 Å². The lowest BCUT2D eigenvalue weighted by molar-refractivity contribution is -0.0932. The minimum absolute atomic E-state index is 0.0155. The average molecular weight is 305 g/mol. The van der Waals surface area contributed by atoms with Crippen molar-refractivity contribution in [3.8, 4) is 0 Å². The van der Waals surface area contributed by atoms with Gasteiger partial charge in [-0.3, -0.25) is 0 Å². The van der Waals surface area contributed by atoms with Gasteiger partial charge in [0.1, 0.15) is 4.88 Å². The van der Waals surface area contributed by atoms with Crippen molar-refractivity contribution in [3.05, 3.63) is 16.3 Å². The molecule has 0 spiro atoms. The molecule has 0 aliphatic carbocycles. The molecule has 0 unspecified atom stereocenters. The molecule has 8 heteroatoms. The molecule has 2 N–H and O–H groups in total. The smallest absolute Gasteiger partial charge is 0.345 e. The minimum Gasteiger partial charge on any atom is -0.477 e. The van der Waals surface area contributed by atoms with Crippen molar-refractivity contribution >= 4 is 27.3 Å². The predicted octanol–water partition coefficient (Wildman–Crippen LogP) is 0.838. The van der Waals surface area contributed by atoms with Crippen LogP contribution in [0.25, 0.3) is 0 Å². The number of hydrogen-bond acceptors (Lipinski definition) is 5. The number of rotatable bonds is 4. The number of sulfonamides is 1. The molecule has 0 saturated carbocycles. The van der Waals surface area contributed by atoms with Crippen LogP contribution in [0, 0.1) is 5.92 Å². The molecule has 1 saturated heterocycles. The quantitative estimate of drug-likeness (QED) is 0.859. The van der Waals surface area contributed by atoms with Crippen molar-refractivity contribution in [2.45, 2.75) is 24.3 Å². The van der Waals surface area contributed by atoms with E-state index >= 15 is 0 Å². The monoisotopic (exact) mass is 305 g/mol. The predicted molar refractivity (Wildman–Crippen MR) is 69.8 cm³/mol. The Morgan fingerprint density at radius 1 is 1.47 bits per heavy atom. The van der Waals surface area contributed by atoms with Gasteiger partial charge in [0.15, 0.2) is 0 Å². The Balaban J connectivity index is 2.18. The van der Waals surface area contributed by atoms with Crippen molar-refractivity contribution in [1.29, 1.82) is 0 Å². The first kappa shape index (κ1) is 14.4. The summed E-state index contributed by atoms with van der Waals surface area (Å²) in [6, 6.07) is 1.15. The first-order chi connectivity index (χ1) is 8.67. The highest BCUT2D eigenvalue weighted by atomic mass is 32.2. The molecular formula is C11H15NO5S2. The highest BCUT2D eigenvalue weighted by Crippen LogP contribution is 2.34. The summed E-state index contributed by atoms with van der Waals surface area (Å²) in [7, 11) is -3.70. The fourth-order valence-electron chi connectivity index (χ4n) is 1.81. The number of β-amino-alcohol motifs (C(OH)–C–C–N with tert-alkyl or cyclic N) is 1. The Labute approximate surface area is 115 Å². The summed E-state index contributed by atoms with van der Waals surface area (Å²) in [5.74, 6) is -1.18. The van der Waals surface area contributed by atoms with Crippen molar-refractivity contribution in [3.63, 3.8) is 0 Å². The first-order valence-electron chi connectivity index (χ1n) is 5.71. The zero-order valence-electron chi connectivity index (χ0n) is 10.5. The molecule has 0 atom stereocenters. The van der Waals surface area contributed by atoms with Gasteiger partial charge >= 0.3 is 5.97 Å².